The first-order valence-corrected chi connectivity index (χ1v) is 3.36. The van der Waals surface area contributed by atoms with Gasteiger partial charge in [-0.2, -0.15) is 12.1 Å². The zero-order chi connectivity index (χ0) is 8.69. The fourth-order valence-electron chi connectivity index (χ4n) is 0.446. The monoisotopic (exact) mass is 336 g/mol. The van der Waals surface area contributed by atoms with Crippen LogP contribution in [0.3, 0.4) is 0 Å². The van der Waals surface area contributed by atoms with Crippen LogP contribution in [0.1, 0.15) is 24.2 Å². The maximum absolute atomic E-state index is 10.1. The molecule has 1 rings (SSSR count). The molecule has 1 aromatic rings. The fraction of sp³-hybridized carbons (Fsp3) is 0.250. The summed E-state index contributed by atoms with van der Waals surface area (Å²) in [5.41, 5.74) is 0.189. The van der Waals surface area contributed by atoms with Gasteiger partial charge in [0.15, 0.2) is 0 Å². The van der Waals surface area contributed by atoms with Crippen molar-refractivity contribution in [2.45, 2.75) is 13.8 Å². The number of carboxylic acid groups (broad SMARTS) is 1. The molecule has 0 aliphatic rings. The van der Waals surface area contributed by atoms with Crippen LogP contribution in [-0.2, 0) is 21.1 Å². The van der Waals surface area contributed by atoms with Gasteiger partial charge in [-0.05, 0) is 5.56 Å². The predicted octanol–water partition coefficient (Wildman–Crippen LogP) is 1.60. The Morgan fingerprint density at radius 3 is 2.42 bits per heavy atom. The average molecular weight is 336 g/mol. The van der Waals surface area contributed by atoms with Crippen molar-refractivity contribution in [3.63, 3.8) is 0 Å². The van der Waals surface area contributed by atoms with Crippen molar-refractivity contribution >= 4 is 5.97 Å². The van der Waals surface area contributed by atoms with Crippen molar-refractivity contribution in [1.82, 2.24) is 4.98 Å². The number of nitrogens with zero attached hydrogens (tertiary/aromatic N) is 1. The van der Waals surface area contributed by atoms with Gasteiger partial charge in [0.05, 0.1) is 0 Å². The number of carboxylic acids is 1. The molecule has 1 aromatic heterocycles. The van der Waals surface area contributed by atoms with E-state index < -0.39 is 5.97 Å². The Hall–Kier alpha value is -0.692. The standard InChI is InChI=1S/C6H4NO2.C2H6.W/c8-6(9)5-2-1-3-7-4-5;1-2;/h1-2,4H,(H,8,9);1-2H3;/q-1;;. The molecule has 0 fully saturated rings. The van der Waals surface area contributed by atoms with Gasteiger partial charge in [-0.3, -0.25) is 0 Å². The summed E-state index contributed by atoms with van der Waals surface area (Å²) in [5, 5.41) is 8.33. The van der Waals surface area contributed by atoms with E-state index in [0.29, 0.717) is 0 Å². The van der Waals surface area contributed by atoms with E-state index in [4.69, 9.17) is 5.11 Å². The molecule has 0 unspecified atom stereocenters. The molecule has 4 heteroatoms. The third-order valence-corrected chi connectivity index (χ3v) is 0.863. The first kappa shape index (κ1) is 13.9. The molecule has 0 spiro atoms. The molecule has 3 nitrogen and oxygen atoms in total. The van der Waals surface area contributed by atoms with E-state index in [-0.39, 0.29) is 26.6 Å². The van der Waals surface area contributed by atoms with Crippen molar-refractivity contribution in [3.05, 3.63) is 30.1 Å². The largest absolute Gasteiger partial charge is 0.479 e. The Balaban J connectivity index is 0. The van der Waals surface area contributed by atoms with Crippen molar-refractivity contribution in [2.24, 2.45) is 0 Å². The minimum Gasteiger partial charge on any atom is -0.479 e. The van der Waals surface area contributed by atoms with Crippen LogP contribution >= 0.6 is 0 Å². The van der Waals surface area contributed by atoms with Crippen LogP contribution in [-0.4, -0.2) is 16.1 Å². The summed E-state index contributed by atoms with van der Waals surface area (Å²) in [6, 6.07) is 2.90. The van der Waals surface area contributed by atoms with Crippen LogP contribution in [0.15, 0.2) is 18.3 Å². The summed E-state index contributed by atoms with van der Waals surface area (Å²) >= 11 is 0. The summed E-state index contributed by atoms with van der Waals surface area (Å²) in [5.74, 6) is -0.962. The third-order valence-electron chi connectivity index (χ3n) is 0.863. The van der Waals surface area contributed by atoms with E-state index in [2.05, 4.69) is 11.2 Å². The molecule has 1 N–H and O–H groups in total. The molecular formula is C8H10NO2W-. The van der Waals surface area contributed by atoms with E-state index in [9.17, 15) is 4.79 Å². The number of hydrogen-bond donors (Lipinski definition) is 1. The van der Waals surface area contributed by atoms with Crippen molar-refractivity contribution in [2.75, 3.05) is 0 Å². The molecular weight excluding hydrogens is 326 g/mol. The van der Waals surface area contributed by atoms with E-state index in [0.717, 1.165) is 0 Å². The van der Waals surface area contributed by atoms with Crippen LogP contribution in [0, 0.1) is 6.20 Å². The van der Waals surface area contributed by atoms with E-state index >= 15 is 0 Å². The fourth-order valence-corrected chi connectivity index (χ4v) is 0.446. The van der Waals surface area contributed by atoms with Crippen LogP contribution in [0.25, 0.3) is 0 Å². The SMILES string of the molecule is CC.O=C(O)c1cc[c-]nc1.[W]. The second-order valence-electron chi connectivity index (χ2n) is 1.48. The molecule has 0 bridgehead atoms. The second kappa shape index (κ2) is 8.41. The maximum atomic E-state index is 10.1. The van der Waals surface area contributed by atoms with Gasteiger partial charge in [0.1, 0.15) is 0 Å². The molecule has 66 valence electrons. The molecule has 0 radical (unpaired) electrons. The van der Waals surface area contributed by atoms with E-state index in [1.165, 1.54) is 18.3 Å². The Labute approximate surface area is 86.1 Å². The van der Waals surface area contributed by atoms with Gasteiger partial charge < -0.3 is 10.1 Å². The topological polar surface area (TPSA) is 50.2 Å². The molecule has 0 saturated heterocycles. The number of carbonyl (C=O) groups is 1. The van der Waals surface area contributed by atoms with Gasteiger partial charge in [-0.1, -0.05) is 26.2 Å². The second-order valence-corrected chi connectivity index (χ2v) is 1.48. The molecule has 0 saturated carbocycles. The number of hydrogen-bond acceptors (Lipinski definition) is 2. The summed E-state index contributed by atoms with van der Waals surface area (Å²) in [7, 11) is 0. The minimum atomic E-state index is -0.962. The molecule has 0 aliphatic carbocycles. The minimum absolute atomic E-state index is 0. The normalized spacial score (nSPS) is 7.17. The summed E-state index contributed by atoms with van der Waals surface area (Å²) in [4.78, 5) is 13.6. The molecule has 1 heterocycles. The van der Waals surface area contributed by atoms with Crippen LogP contribution in [0.4, 0.5) is 0 Å². The first-order valence-electron chi connectivity index (χ1n) is 3.36. The maximum Gasteiger partial charge on any atom is 0.312 e. The smallest absolute Gasteiger partial charge is 0.312 e. The average Bonchev–Trinajstić information content (AvgIpc) is 2.10. The Bertz CT molecular complexity index is 214. The Morgan fingerprint density at radius 2 is 2.17 bits per heavy atom. The summed E-state index contributed by atoms with van der Waals surface area (Å²) in [6.45, 7) is 4.00. The van der Waals surface area contributed by atoms with Gasteiger partial charge in [0, 0.05) is 21.1 Å². The molecule has 0 aliphatic heterocycles. The van der Waals surface area contributed by atoms with Crippen LogP contribution < -0.4 is 0 Å². The predicted molar refractivity (Wildman–Crippen MR) is 41.4 cm³/mol. The molecule has 12 heavy (non-hydrogen) atoms. The Morgan fingerprint density at radius 1 is 1.58 bits per heavy atom. The number of pyridine rings is 1. The van der Waals surface area contributed by atoms with Gasteiger partial charge in [0.25, 0.3) is 0 Å². The zero-order valence-electron chi connectivity index (χ0n) is 6.94. The van der Waals surface area contributed by atoms with Gasteiger partial charge >= 0.3 is 5.97 Å². The third kappa shape index (κ3) is 5.02. The van der Waals surface area contributed by atoms with Crippen molar-refractivity contribution in [3.8, 4) is 0 Å². The number of rotatable bonds is 1. The number of aromatic nitrogens is 1. The summed E-state index contributed by atoms with van der Waals surface area (Å²) < 4.78 is 0. The first-order chi connectivity index (χ1) is 5.30. The number of aromatic carboxylic acids is 1. The van der Waals surface area contributed by atoms with Gasteiger partial charge in [-0.15, -0.1) is 0 Å². The van der Waals surface area contributed by atoms with Crippen molar-refractivity contribution in [1.29, 1.82) is 0 Å². The van der Waals surface area contributed by atoms with Crippen LogP contribution in [0.2, 0.25) is 0 Å². The van der Waals surface area contributed by atoms with Crippen LogP contribution in [0.5, 0.6) is 0 Å². The zero-order valence-corrected chi connectivity index (χ0v) is 9.88. The molecule has 0 aromatic carbocycles. The van der Waals surface area contributed by atoms with Gasteiger partial charge in [0.2, 0.25) is 0 Å². The Kier molecular flexibility index (Phi) is 9.71. The molecule has 0 amide bonds. The quantitative estimate of drug-likeness (QED) is 0.793. The van der Waals surface area contributed by atoms with E-state index in [1.54, 1.807) is 0 Å². The van der Waals surface area contributed by atoms with Crippen molar-refractivity contribution < 1.29 is 31.0 Å². The molecule has 0 atom stereocenters. The van der Waals surface area contributed by atoms with Gasteiger partial charge in [-0.25, -0.2) is 4.79 Å². The van der Waals surface area contributed by atoms with E-state index in [1.807, 2.05) is 13.8 Å². The summed E-state index contributed by atoms with van der Waals surface area (Å²) in [6.07, 6.45) is 3.73.